The van der Waals surface area contributed by atoms with E-state index in [1.54, 1.807) is 0 Å². The van der Waals surface area contributed by atoms with Crippen LogP contribution in [0.15, 0.2) is 16.7 Å². The number of piperazine rings is 1. The Morgan fingerprint density at radius 3 is 2.57 bits per heavy atom. The zero-order valence-corrected chi connectivity index (χ0v) is 10.5. The second-order valence-corrected chi connectivity index (χ2v) is 4.45. The summed E-state index contributed by atoms with van der Waals surface area (Å²) < 4.78 is 44.2. The summed E-state index contributed by atoms with van der Waals surface area (Å²) in [5, 5.41) is 9.07. The molecule has 3 rings (SSSR count). The number of amides is 1. The summed E-state index contributed by atoms with van der Waals surface area (Å²) in [6.45, 7) is 0.356. The Labute approximate surface area is 116 Å². The standard InChI is InChI=1S/C12H9F3N4O2/c13-6-1-5(2-7(14)10(6)15)11-18-12(21-19-11)8-3-17-9(20)4-16-8/h1-2,8,16H,3-4H2,(H,17,20). The molecule has 0 spiro atoms. The van der Waals surface area contributed by atoms with Gasteiger partial charge in [-0.3, -0.25) is 10.1 Å². The summed E-state index contributed by atoms with van der Waals surface area (Å²) >= 11 is 0. The number of hydrogen-bond donors (Lipinski definition) is 2. The van der Waals surface area contributed by atoms with E-state index in [9.17, 15) is 18.0 Å². The van der Waals surface area contributed by atoms with Crippen LogP contribution in [0.3, 0.4) is 0 Å². The molecular weight excluding hydrogens is 289 g/mol. The van der Waals surface area contributed by atoms with Gasteiger partial charge in [0.05, 0.1) is 6.54 Å². The predicted molar refractivity (Wildman–Crippen MR) is 63.4 cm³/mol. The van der Waals surface area contributed by atoms with Gasteiger partial charge in [-0.15, -0.1) is 0 Å². The largest absolute Gasteiger partial charge is 0.353 e. The first kappa shape index (κ1) is 13.6. The fourth-order valence-electron chi connectivity index (χ4n) is 1.92. The molecule has 110 valence electrons. The highest BCUT2D eigenvalue weighted by Crippen LogP contribution is 2.23. The number of nitrogens with zero attached hydrogens (tertiary/aromatic N) is 2. The van der Waals surface area contributed by atoms with Crippen LogP contribution in [0.5, 0.6) is 0 Å². The summed E-state index contributed by atoms with van der Waals surface area (Å²) in [6, 6.07) is 1.17. The number of rotatable bonds is 2. The topological polar surface area (TPSA) is 80.1 Å². The fourth-order valence-corrected chi connectivity index (χ4v) is 1.92. The normalized spacial score (nSPS) is 18.6. The first-order valence-electron chi connectivity index (χ1n) is 6.03. The average molecular weight is 298 g/mol. The Morgan fingerprint density at radius 2 is 1.95 bits per heavy atom. The molecule has 2 N–H and O–H groups in total. The smallest absolute Gasteiger partial charge is 0.245 e. The lowest BCUT2D eigenvalue weighted by Crippen LogP contribution is -2.47. The van der Waals surface area contributed by atoms with Crippen LogP contribution in [-0.4, -0.2) is 29.1 Å². The lowest BCUT2D eigenvalue weighted by Gasteiger charge is -2.20. The number of aromatic nitrogens is 2. The highest BCUT2D eigenvalue weighted by Gasteiger charge is 2.24. The number of hydrogen-bond acceptors (Lipinski definition) is 5. The van der Waals surface area contributed by atoms with E-state index >= 15 is 0 Å². The zero-order valence-electron chi connectivity index (χ0n) is 10.5. The molecule has 1 aromatic carbocycles. The van der Waals surface area contributed by atoms with Crippen molar-refractivity contribution in [2.24, 2.45) is 0 Å². The van der Waals surface area contributed by atoms with Gasteiger partial charge in [-0.1, -0.05) is 5.16 Å². The van der Waals surface area contributed by atoms with Crippen LogP contribution in [0.4, 0.5) is 13.2 Å². The molecule has 0 saturated carbocycles. The average Bonchev–Trinajstić information content (AvgIpc) is 2.95. The number of carbonyl (C=O) groups excluding carboxylic acids is 1. The molecule has 2 heterocycles. The van der Waals surface area contributed by atoms with Crippen LogP contribution in [-0.2, 0) is 4.79 Å². The van der Waals surface area contributed by atoms with E-state index in [4.69, 9.17) is 4.52 Å². The highest BCUT2D eigenvalue weighted by molar-refractivity contribution is 5.78. The van der Waals surface area contributed by atoms with Crippen molar-refractivity contribution in [2.45, 2.75) is 6.04 Å². The molecule has 6 nitrogen and oxygen atoms in total. The third-order valence-corrected chi connectivity index (χ3v) is 2.99. The minimum atomic E-state index is -1.56. The van der Waals surface area contributed by atoms with Crippen molar-refractivity contribution in [3.63, 3.8) is 0 Å². The van der Waals surface area contributed by atoms with E-state index in [0.717, 1.165) is 12.1 Å². The van der Waals surface area contributed by atoms with Gasteiger partial charge in [0.15, 0.2) is 17.5 Å². The van der Waals surface area contributed by atoms with Gasteiger partial charge in [-0.05, 0) is 12.1 Å². The van der Waals surface area contributed by atoms with Gasteiger partial charge in [0, 0.05) is 12.1 Å². The lowest BCUT2D eigenvalue weighted by molar-refractivity contribution is -0.121. The molecule has 1 unspecified atom stereocenters. The van der Waals surface area contributed by atoms with Gasteiger partial charge in [-0.25, -0.2) is 13.2 Å². The molecule has 1 atom stereocenters. The Kier molecular flexibility index (Phi) is 3.34. The van der Waals surface area contributed by atoms with Crippen LogP contribution in [0.1, 0.15) is 11.9 Å². The molecule has 1 amide bonds. The predicted octanol–water partition coefficient (Wildman–Crippen LogP) is 0.914. The highest BCUT2D eigenvalue weighted by atomic mass is 19.2. The van der Waals surface area contributed by atoms with E-state index in [1.165, 1.54) is 0 Å². The maximum Gasteiger partial charge on any atom is 0.245 e. The summed E-state index contributed by atoms with van der Waals surface area (Å²) in [6.07, 6.45) is 0. The molecule has 0 bridgehead atoms. The van der Waals surface area contributed by atoms with E-state index in [1.807, 2.05) is 0 Å². The van der Waals surface area contributed by atoms with Crippen molar-refractivity contribution in [3.8, 4) is 11.4 Å². The Balaban J connectivity index is 1.86. The van der Waals surface area contributed by atoms with Gasteiger partial charge in [0.2, 0.25) is 17.6 Å². The Morgan fingerprint density at radius 1 is 1.24 bits per heavy atom. The van der Waals surface area contributed by atoms with Crippen molar-refractivity contribution < 1.29 is 22.5 Å². The van der Waals surface area contributed by atoms with Gasteiger partial charge in [-0.2, -0.15) is 4.98 Å². The Hall–Kier alpha value is -2.42. The third kappa shape index (κ3) is 2.59. The summed E-state index contributed by atoms with van der Waals surface area (Å²) in [7, 11) is 0. The van der Waals surface area contributed by atoms with Crippen LogP contribution in [0.2, 0.25) is 0 Å². The fraction of sp³-hybridized carbons (Fsp3) is 0.250. The first-order chi connectivity index (χ1) is 10.0. The van der Waals surface area contributed by atoms with Crippen LogP contribution in [0, 0.1) is 17.5 Å². The molecule has 2 aromatic rings. The van der Waals surface area contributed by atoms with Gasteiger partial charge in [0.1, 0.15) is 6.04 Å². The van der Waals surface area contributed by atoms with Crippen molar-refractivity contribution >= 4 is 5.91 Å². The Bertz CT molecular complexity index is 671. The second-order valence-electron chi connectivity index (χ2n) is 4.45. The number of halogens is 3. The minimum Gasteiger partial charge on any atom is -0.353 e. The molecule has 0 aliphatic carbocycles. The summed E-state index contributed by atoms with van der Waals surface area (Å²) in [5.74, 6) is -4.29. The summed E-state index contributed by atoms with van der Waals surface area (Å²) in [4.78, 5) is 15.0. The summed E-state index contributed by atoms with van der Waals surface area (Å²) in [5.41, 5.74) is -0.0405. The van der Waals surface area contributed by atoms with E-state index in [-0.39, 0.29) is 42.3 Å². The van der Waals surface area contributed by atoms with Crippen LogP contribution in [0.25, 0.3) is 11.4 Å². The third-order valence-electron chi connectivity index (χ3n) is 2.99. The van der Waals surface area contributed by atoms with E-state index < -0.39 is 17.5 Å². The maximum absolute atomic E-state index is 13.2. The molecule has 1 aromatic heterocycles. The molecule has 1 saturated heterocycles. The van der Waals surface area contributed by atoms with Crippen molar-refractivity contribution in [2.75, 3.05) is 13.1 Å². The molecule has 0 radical (unpaired) electrons. The second kappa shape index (κ2) is 5.17. The van der Waals surface area contributed by atoms with Crippen molar-refractivity contribution in [3.05, 3.63) is 35.5 Å². The van der Waals surface area contributed by atoms with Crippen molar-refractivity contribution in [1.29, 1.82) is 0 Å². The molecule has 21 heavy (non-hydrogen) atoms. The van der Waals surface area contributed by atoms with Gasteiger partial charge >= 0.3 is 0 Å². The molecular formula is C12H9F3N4O2. The minimum absolute atomic E-state index is 0.0405. The van der Waals surface area contributed by atoms with E-state index in [0.29, 0.717) is 0 Å². The maximum atomic E-state index is 13.2. The van der Waals surface area contributed by atoms with Crippen LogP contribution >= 0.6 is 0 Å². The number of carbonyl (C=O) groups is 1. The molecule has 1 fully saturated rings. The SMILES string of the molecule is O=C1CNC(c2nc(-c3cc(F)c(F)c(F)c3)no2)CN1. The van der Waals surface area contributed by atoms with Crippen molar-refractivity contribution in [1.82, 2.24) is 20.8 Å². The zero-order chi connectivity index (χ0) is 15.0. The quantitative estimate of drug-likeness (QED) is 0.806. The molecule has 1 aliphatic rings. The van der Waals surface area contributed by atoms with E-state index in [2.05, 4.69) is 20.8 Å². The number of benzene rings is 1. The lowest BCUT2D eigenvalue weighted by atomic mass is 10.2. The first-order valence-corrected chi connectivity index (χ1v) is 6.03. The number of nitrogens with one attached hydrogen (secondary N) is 2. The molecule has 9 heteroatoms. The van der Waals surface area contributed by atoms with Gasteiger partial charge in [0.25, 0.3) is 0 Å². The monoisotopic (exact) mass is 298 g/mol. The van der Waals surface area contributed by atoms with Gasteiger partial charge < -0.3 is 9.84 Å². The van der Waals surface area contributed by atoms with Crippen LogP contribution < -0.4 is 10.6 Å². The molecule has 1 aliphatic heterocycles.